The monoisotopic (exact) mass is 392 g/mol. The lowest BCUT2D eigenvalue weighted by Gasteiger charge is -2.29. The van der Waals surface area contributed by atoms with Crippen LogP contribution in [0.25, 0.3) is 0 Å². The first kappa shape index (κ1) is 21.8. The first-order valence-corrected chi connectivity index (χ1v) is 10.5. The van der Waals surface area contributed by atoms with Gasteiger partial charge in [0.2, 0.25) is 0 Å². The van der Waals surface area contributed by atoms with Gasteiger partial charge in [0.25, 0.3) is 0 Å². The van der Waals surface area contributed by atoms with Gasteiger partial charge in [0.15, 0.2) is 0 Å². The third-order valence-corrected chi connectivity index (χ3v) is 6.23. The van der Waals surface area contributed by atoms with Crippen molar-refractivity contribution in [3.05, 3.63) is 45.8 Å². The molecule has 150 valence electrons. The van der Waals surface area contributed by atoms with Crippen LogP contribution in [-0.2, 0) is 0 Å². The highest BCUT2D eigenvalue weighted by molar-refractivity contribution is 8.03. The topological polar surface area (TPSA) is 39.7 Å². The molecule has 2 aliphatic heterocycles. The number of rotatable bonds is 8. The highest BCUT2D eigenvalue weighted by atomic mass is 32.2. The first-order valence-electron chi connectivity index (χ1n) is 9.52. The number of allylic oxidation sites excluding steroid dienone is 3. The molecule has 27 heavy (non-hydrogen) atoms. The van der Waals surface area contributed by atoms with Gasteiger partial charge in [0.05, 0.1) is 17.6 Å². The SMILES string of the molecule is CNC1C=CNC(C)=C1C=NCC1=CC(C)=C(SCC(F)C(C)C)N(C)C1. The van der Waals surface area contributed by atoms with E-state index in [2.05, 4.69) is 53.6 Å². The summed E-state index contributed by atoms with van der Waals surface area (Å²) in [4.78, 5) is 6.89. The van der Waals surface area contributed by atoms with Gasteiger partial charge in [-0.25, -0.2) is 4.39 Å². The Hall–Kier alpha value is -1.53. The Labute approximate surface area is 167 Å². The van der Waals surface area contributed by atoms with Gasteiger partial charge in [0, 0.05) is 36.8 Å². The number of thioether (sulfide) groups is 1. The third-order valence-electron chi connectivity index (χ3n) is 4.84. The Balaban J connectivity index is 2.01. The zero-order valence-electron chi connectivity index (χ0n) is 17.3. The molecule has 0 fully saturated rings. The molecule has 2 heterocycles. The molecule has 4 nitrogen and oxygen atoms in total. The molecule has 2 N–H and O–H groups in total. The van der Waals surface area contributed by atoms with Gasteiger partial charge in [-0.2, -0.15) is 0 Å². The van der Waals surface area contributed by atoms with Gasteiger partial charge in [-0.05, 0) is 50.2 Å². The van der Waals surface area contributed by atoms with E-state index in [4.69, 9.17) is 0 Å². The Morgan fingerprint density at radius 2 is 2.19 bits per heavy atom. The average molecular weight is 393 g/mol. The van der Waals surface area contributed by atoms with E-state index in [0.29, 0.717) is 12.3 Å². The maximum atomic E-state index is 13.9. The van der Waals surface area contributed by atoms with Crippen molar-refractivity contribution in [2.75, 3.05) is 32.9 Å². The van der Waals surface area contributed by atoms with Crippen molar-refractivity contribution in [2.24, 2.45) is 10.9 Å². The molecule has 0 aromatic carbocycles. The highest BCUT2D eigenvalue weighted by Gasteiger charge is 2.19. The summed E-state index contributed by atoms with van der Waals surface area (Å²) < 4.78 is 13.9. The van der Waals surface area contributed by atoms with Crippen LogP contribution in [0.4, 0.5) is 4.39 Å². The Morgan fingerprint density at radius 3 is 2.81 bits per heavy atom. The number of nitrogens with one attached hydrogen (secondary N) is 2. The van der Waals surface area contributed by atoms with Gasteiger partial charge < -0.3 is 15.5 Å². The molecular formula is C21H33FN4S. The van der Waals surface area contributed by atoms with Crippen molar-refractivity contribution in [3.63, 3.8) is 0 Å². The third kappa shape index (κ3) is 5.98. The van der Waals surface area contributed by atoms with E-state index in [-0.39, 0.29) is 12.0 Å². The summed E-state index contributed by atoms with van der Waals surface area (Å²) in [5.74, 6) is 0.575. The van der Waals surface area contributed by atoms with E-state index in [9.17, 15) is 4.39 Å². The Kier molecular flexibility index (Phi) is 8.17. The molecule has 0 aliphatic carbocycles. The molecule has 2 atom stereocenters. The minimum Gasteiger partial charge on any atom is -0.365 e. The fraction of sp³-hybridized carbons (Fsp3) is 0.571. The number of aliphatic imine (C=N–C) groups is 1. The summed E-state index contributed by atoms with van der Waals surface area (Å²) in [7, 11) is 4.03. The fourth-order valence-electron chi connectivity index (χ4n) is 3.14. The van der Waals surface area contributed by atoms with Crippen LogP contribution >= 0.6 is 11.8 Å². The van der Waals surface area contributed by atoms with Crippen LogP contribution in [0, 0.1) is 5.92 Å². The fourth-order valence-corrected chi connectivity index (χ4v) is 4.41. The number of nitrogens with zero attached hydrogens (tertiary/aromatic N) is 2. The molecule has 0 radical (unpaired) electrons. The molecule has 0 amide bonds. The minimum absolute atomic E-state index is 0.0658. The summed E-state index contributed by atoms with van der Waals surface area (Å²) in [5, 5.41) is 7.69. The van der Waals surface area contributed by atoms with Crippen LogP contribution in [-0.4, -0.2) is 56.3 Å². The molecule has 0 spiro atoms. The normalized spacial score (nSPS) is 22.0. The predicted molar refractivity (Wildman–Crippen MR) is 117 cm³/mol. The number of hydrogen-bond donors (Lipinski definition) is 2. The second-order valence-electron chi connectivity index (χ2n) is 7.54. The summed E-state index contributed by atoms with van der Waals surface area (Å²) in [5.41, 5.74) is 4.75. The van der Waals surface area contributed by atoms with E-state index < -0.39 is 6.17 Å². The molecule has 0 aromatic rings. The van der Waals surface area contributed by atoms with Crippen molar-refractivity contribution in [1.82, 2.24) is 15.5 Å². The van der Waals surface area contributed by atoms with Crippen molar-refractivity contribution >= 4 is 18.0 Å². The number of likely N-dealkylation sites (N-methyl/N-ethyl adjacent to an activating group) is 2. The number of dihydropyridines is 1. The first-order chi connectivity index (χ1) is 12.8. The molecule has 0 bridgehead atoms. The van der Waals surface area contributed by atoms with Crippen molar-refractivity contribution in [1.29, 1.82) is 0 Å². The van der Waals surface area contributed by atoms with E-state index in [1.54, 1.807) is 11.8 Å². The molecule has 2 unspecified atom stereocenters. The molecule has 0 saturated heterocycles. The smallest absolute Gasteiger partial charge is 0.112 e. The maximum absolute atomic E-state index is 13.9. The van der Waals surface area contributed by atoms with Gasteiger partial charge in [0.1, 0.15) is 6.17 Å². The maximum Gasteiger partial charge on any atom is 0.112 e. The van der Waals surface area contributed by atoms with Crippen LogP contribution in [0.15, 0.2) is 50.8 Å². The van der Waals surface area contributed by atoms with Gasteiger partial charge in [-0.1, -0.05) is 19.9 Å². The Morgan fingerprint density at radius 1 is 1.44 bits per heavy atom. The standard InChI is InChI=1S/C21H33FN4S/c1-14(2)19(22)13-27-21-15(3)9-17(12-26(21)6)10-24-11-18-16(4)25-8-7-20(18)23-5/h7-9,11,14,19-20,23,25H,10,12-13H2,1-6H3. The van der Waals surface area contributed by atoms with Crippen molar-refractivity contribution in [2.45, 2.75) is 39.9 Å². The van der Waals surface area contributed by atoms with Crippen LogP contribution < -0.4 is 10.6 Å². The van der Waals surface area contributed by atoms with Crippen LogP contribution in [0.5, 0.6) is 0 Å². The lowest BCUT2D eigenvalue weighted by molar-refractivity contribution is 0.285. The quantitative estimate of drug-likeness (QED) is 0.615. The molecular weight excluding hydrogens is 359 g/mol. The highest BCUT2D eigenvalue weighted by Crippen LogP contribution is 2.30. The van der Waals surface area contributed by atoms with Crippen LogP contribution in [0.3, 0.4) is 0 Å². The second-order valence-corrected chi connectivity index (χ2v) is 8.55. The largest absolute Gasteiger partial charge is 0.365 e. The van der Waals surface area contributed by atoms with E-state index in [1.807, 2.05) is 33.3 Å². The molecule has 0 saturated carbocycles. The summed E-state index contributed by atoms with van der Waals surface area (Å²) in [6, 6.07) is 0.192. The number of alkyl halides is 1. The number of halogens is 1. The lowest BCUT2D eigenvalue weighted by atomic mass is 10.0. The predicted octanol–water partition coefficient (Wildman–Crippen LogP) is 3.87. The lowest BCUT2D eigenvalue weighted by Crippen LogP contribution is -2.31. The summed E-state index contributed by atoms with van der Waals surface area (Å²) >= 11 is 1.62. The van der Waals surface area contributed by atoms with Gasteiger partial charge >= 0.3 is 0 Å². The summed E-state index contributed by atoms with van der Waals surface area (Å²) in [6.07, 6.45) is 7.45. The molecule has 2 rings (SSSR count). The average Bonchev–Trinajstić information content (AvgIpc) is 2.61. The van der Waals surface area contributed by atoms with Crippen LogP contribution in [0.1, 0.15) is 27.7 Å². The Bertz CT molecular complexity index is 676. The van der Waals surface area contributed by atoms with E-state index in [0.717, 1.165) is 17.8 Å². The van der Waals surface area contributed by atoms with Crippen LogP contribution in [0.2, 0.25) is 0 Å². The van der Waals surface area contributed by atoms with E-state index in [1.165, 1.54) is 16.2 Å². The van der Waals surface area contributed by atoms with E-state index >= 15 is 0 Å². The molecule has 2 aliphatic rings. The molecule has 0 aromatic heterocycles. The summed E-state index contributed by atoms with van der Waals surface area (Å²) in [6.45, 7) is 9.54. The molecule has 6 heteroatoms. The number of hydrogen-bond acceptors (Lipinski definition) is 5. The zero-order valence-corrected chi connectivity index (χ0v) is 18.2. The zero-order chi connectivity index (χ0) is 20.0. The van der Waals surface area contributed by atoms with Gasteiger partial charge in [-0.3, -0.25) is 4.99 Å². The van der Waals surface area contributed by atoms with Crippen molar-refractivity contribution in [3.8, 4) is 0 Å². The van der Waals surface area contributed by atoms with Gasteiger partial charge in [-0.15, -0.1) is 11.8 Å². The van der Waals surface area contributed by atoms with Crippen molar-refractivity contribution < 1.29 is 4.39 Å². The second kappa shape index (κ2) is 10.1. The minimum atomic E-state index is -0.770.